The molecule has 0 bridgehead atoms. The van der Waals surface area contributed by atoms with Gasteiger partial charge in [0.15, 0.2) is 6.54 Å². The van der Waals surface area contributed by atoms with Crippen molar-refractivity contribution in [3.05, 3.63) is 113 Å². The lowest BCUT2D eigenvalue weighted by atomic mass is 9.96. The van der Waals surface area contributed by atoms with Gasteiger partial charge in [0.05, 0.1) is 6.04 Å². The highest BCUT2D eigenvalue weighted by Crippen LogP contribution is 2.27. The van der Waals surface area contributed by atoms with Crippen molar-refractivity contribution in [2.45, 2.75) is 12.1 Å². The summed E-state index contributed by atoms with van der Waals surface area (Å²) >= 11 is 0. The number of rotatable bonds is 6. The number of β-lactam (4-membered cyclic amide) rings is 1. The van der Waals surface area contributed by atoms with Crippen molar-refractivity contribution in [3.8, 4) is 11.8 Å². The minimum absolute atomic E-state index is 0.0935. The monoisotopic (exact) mass is 395 g/mol. The van der Waals surface area contributed by atoms with Crippen LogP contribution in [-0.4, -0.2) is 29.5 Å². The molecule has 5 heteroatoms. The summed E-state index contributed by atoms with van der Waals surface area (Å²) in [5.41, 5.74) is 5.90. The molecule has 0 radical (unpaired) electrons. The van der Waals surface area contributed by atoms with Crippen LogP contribution in [0, 0.1) is 6.07 Å². The van der Waals surface area contributed by atoms with E-state index in [2.05, 4.69) is 16.4 Å². The Hall–Kier alpha value is -4.04. The van der Waals surface area contributed by atoms with E-state index in [0.717, 1.165) is 11.3 Å². The van der Waals surface area contributed by atoms with Gasteiger partial charge in [-0.1, -0.05) is 102 Å². The fraction of sp³-hybridized carbons (Fsp3) is 0.120. The first-order valence-corrected chi connectivity index (χ1v) is 9.75. The van der Waals surface area contributed by atoms with Crippen LogP contribution < -0.4 is 4.74 Å². The lowest BCUT2D eigenvalue weighted by Crippen LogP contribution is -2.66. The largest absolute Gasteiger partial charge is 0.478 e. The van der Waals surface area contributed by atoms with E-state index in [0.29, 0.717) is 5.75 Å². The zero-order valence-corrected chi connectivity index (χ0v) is 16.3. The second kappa shape index (κ2) is 9.44. The van der Waals surface area contributed by atoms with Crippen LogP contribution in [0.1, 0.15) is 5.56 Å². The first-order valence-electron chi connectivity index (χ1n) is 9.75. The van der Waals surface area contributed by atoms with Crippen LogP contribution in [0.15, 0.2) is 97.1 Å². The van der Waals surface area contributed by atoms with E-state index in [4.69, 9.17) is 4.74 Å². The van der Waals surface area contributed by atoms with Gasteiger partial charge < -0.3 is 9.64 Å². The molecule has 5 nitrogen and oxygen atoms in total. The molecule has 30 heavy (non-hydrogen) atoms. The molecule has 2 atom stereocenters. The highest BCUT2D eigenvalue weighted by Gasteiger charge is 2.48. The summed E-state index contributed by atoms with van der Waals surface area (Å²) in [5.74, 6) is 0.578. The van der Waals surface area contributed by atoms with E-state index in [1.165, 1.54) is 0 Å². The van der Waals surface area contributed by atoms with E-state index in [1.54, 1.807) is 4.90 Å². The summed E-state index contributed by atoms with van der Waals surface area (Å²) in [4.78, 5) is 18.4. The maximum atomic E-state index is 12.7. The molecule has 1 fully saturated rings. The van der Waals surface area contributed by atoms with Crippen LogP contribution in [0.25, 0.3) is 16.5 Å². The van der Waals surface area contributed by atoms with Gasteiger partial charge in [-0.05, 0) is 17.7 Å². The summed E-state index contributed by atoms with van der Waals surface area (Å²) in [6.07, 6.45) is 3.41. The third-order valence-electron chi connectivity index (χ3n) is 4.72. The van der Waals surface area contributed by atoms with E-state index in [9.17, 15) is 4.79 Å². The average molecular weight is 395 g/mol. The molecule has 3 aromatic rings. The normalized spacial score (nSPS) is 17.7. The van der Waals surface area contributed by atoms with Gasteiger partial charge in [0, 0.05) is 0 Å². The van der Waals surface area contributed by atoms with Gasteiger partial charge in [0.1, 0.15) is 5.75 Å². The lowest BCUT2D eigenvalue weighted by molar-refractivity contribution is -0.157. The fourth-order valence-electron chi connectivity index (χ4n) is 3.16. The van der Waals surface area contributed by atoms with Gasteiger partial charge in [-0.15, -0.1) is 0 Å². The predicted octanol–water partition coefficient (Wildman–Crippen LogP) is 5.31. The topological polar surface area (TPSA) is 48.0 Å². The van der Waals surface area contributed by atoms with Gasteiger partial charge in [-0.2, -0.15) is 0 Å². The SMILES string of the molecule is O=C1[C@@H](Oc2ccccc2)[C@@H](/C=C/c2ccccc2)N1CC#[N+][N-]c1ccccc1. The van der Waals surface area contributed by atoms with Gasteiger partial charge in [-0.25, -0.2) is 0 Å². The number of hydrogen-bond donors (Lipinski definition) is 0. The van der Waals surface area contributed by atoms with Crippen molar-refractivity contribution in [1.29, 1.82) is 0 Å². The minimum atomic E-state index is -0.569. The van der Waals surface area contributed by atoms with Crippen LogP contribution in [0.2, 0.25) is 0 Å². The number of amides is 1. The maximum absolute atomic E-state index is 12.7. The number of hydrogen-bond acceptors (Lipinski definition) is 2. The first kappa shape index (κ1) is 19.3. The van der Waals surface area contributed by atoms with Gasteiger partial charge in [0.25, 0.3) is 12.0 Å². The Morgan fingerprint density at radius 1 is 0.933 bits per heavy atom. The number of para-hydroxylation sites is 1. The molecular formula is C25H21N3O2. The number of likely N-dealkylation sites (tertiary alicyclic amines) is 1. The van der Waals surface area contributed by atoms with Gasteiger partial charge >= 0.3 is 0 Å². The molecule has 0 spiro atoms. The molecule has 148 valence electrons. The standard InChI is InChI=1S/C25H21N3O2/c29-25-24(30-22-14-8-3-9-15-22)23(17-16-20-10-4-1-5-11-20)28(25)19-18-26-27-21-12-6-2-7-13-21/h1-17,23-24H,19H2/b17-16+/t23-,24+/m1/s1. The highest BCUT2D eigenvalue weighted by molar-refractivity contribution is 5.90. The lowest BCUT2D eigenvalue weighted by Gasteiger charge is -2.43. The minimum Gasteiger partial charge on any atom is -0.478 e. The molecule has 0 unspecified atom stereocenters. The van der Waals surface area contributed by atoms with Crippen LogP contribution >= 0.6 is 0 Å². The van der Waals surface area contributed by atoms with E-state index in [1.807, 2.05) is 103 Å². The summed E-state index contributed by atoms with van der Waals surface area (Å²) in [6, 6.07) is 31.4. The average Bonchev–Trinajstić information content (AvgIpc) is 2.81. The number of benzene rings is 3. The van der Waals surface area contributed by atoms with E-state index >= 15 is 0 Å². The molecule has 0 aromatic heterocycles. The van der Waals surface area contributed by atoms with Crippen LogP contribution in [0.4, 0.5) is 5.69 Å². The summed E-state index contributed by atoms with van der Waals surface area (Å²) in [5, 5.41) is 0. The summed E-state index contributed by atoms with van der Waals surface area (Å²) in [7, 11) is 0. The van der Waals surface area contributed by atoms with Crippen molar-refractivity contribution in [1.82, 2.24) is 4.90 Å². The molecular weight excluding hydrogens is 374 g/mol. The number of carbonyl (C=O) groups excluding carboxylic acids is 1. The fourth-order valence-corrected chi connectivity index (χ4v) is 3.16. The predicted molar refractivity (Wildman–Crippen MR) is 119 cm³/mol. The number of ether oxygens (including phenoxy) is 1. The molecule has 1 aliphatic rings. The van der Waals surface area contributed by atoms with Crippen LogP contribution in [-0.2, 0) is 4.79 Å². The molecule has 4 rings (SSSR count). The van der Waals surface area contributed by atoms with Crippen molar-refractivity contribution in [2.24, 2.45) is 0 Å². The Kier molecular flexibility index (Phi) is 6.07. The molecule has 1 heterocycles. The van der Waals surface area contributed by atoms with E-state index in [-0.39, 0.29) is 18.5 Å². The first-order chi connectivity index (χ1) is 14.8. The zero-order chi connectivity index (χ0) is 20.6. The van der Waals surface area contributed by atoms with Gasteiger partial charge in [-0.3, -0.25) is 10.2 Å². The van der Waals surface area contributed by atoms with Crippen molar-refractivity contribution >= 4 is 17.7 Å². The Morgan fingerprint density at radius 2 is 1.57 bits per heavy atom. The molecule has 0 N–H and O–H groups in total. The maximum Gasteiger partial charge on any atom is 0.293 e. The molecule has 1 amide bonds. The molecule has 0 aliphatic carbocycles. The molecule has 1 aliphatic heterocycles. The molecule has 1 saturated heterocycles. The van der Waals surface area contributed by atoms with E-state index < -0.39 is 6.10 Å². The smallest absolute Gasteiger partial charge is 0.293 e. The number of nitrogens with zero attached hydrogens (tertiary/aromatic N) is 3. The van der Waals surface area contributed by atoms with Crippen molar-refractivity contribution in [3.63, 3.8) is 0 Å². The summed E-state index contributed by atoms with van der Waals surface area (Å²) < 4.78 is 5.95. The third kappa shape index (κ3) is 4.68. The van der Waals surface area contributed by atoms with Crippen LogP contribution in [0.5, 0.6) is 5.75 Å². The quantitative estimate of drug-likeness (QED) is 0.323. The van der Waals surface area contributed by atoms with Crippen molar-refractivity contribution in [2.75, 3.05) is 6.54 Å². The Bertz CT molecular complexity index is 1060. The highest BCUT2D eigenvalue weighted by atomic mass is 16.5. The van der Waals surface area contributed by atoms with Crippen molar-refractivity contribution < 1.29 is 9.53 Å². The Morgan fingerprint density at radius 3 is 2.27 bits per heavy atom. The Balaban J connectivity index is 1.45. The summed E-state index contributed by atoms with van der Waals surface area (Å²) in [6.45, 7) is 0.244. The molecule has 3 aromatic carbocycles. The number of carbonyl (C=O) groups is 1. The second-order valence-corrected chi connectivity index (χ2v) is 6.77. The van der Waals surface area contributed by atoms with Crippen LogP contribution in [0.3, 0.4) is 0 Å². The zero-order valence-electron chi connectivity index (χ0n) is 16.3. The van der Waals surface area contributed by atoms with Gasteiger partial charge in [0.2, 0.25) is 6.10 Å². The molecule has 0 saturated carbocycles. The Labute approximate surface area is 176 Å². The third-order valence-corrected chi connectivity index (χ3v) is 4.72. The second-order valence-electron chi connectivity index (χ2n) is 6.77.